The van der Waals surface area contributed by atoms with Gasteiger partial charge in [-0.15, -0.1) is 0 Å². The number of hydrogen-bond acceptors (Lipinski definition) is 3. The molecule has 2 aromatic rings. The Hall–Kier alpha value is -1.39. The third kappa shape index (κ3) is 2.54. The molecule has 0 aliphatic carbocycles. The van der Waals surface area contributed by atoms with E-state index in [2.05, 4.69) is 18.8 Å². The fourth-order valence-electron chi connectivity index (χ4n) is 2.37. The number of aliphatic hydroxyl groups excluding tert-OH is 1. The van der Waals surface area contributed by atoms with Crippen LogP contribution in [0.4, 0.5) is 0 Å². The number of nitrogens with two attached hydrogens (primary N) is 1. The average Bonchev–Trinajstić information content (AvgIpc) is 2.73. The summed E-state index contributed by atoms with van der Waals surface area (Å²) in [4.78, 5) is 4.35. The molecule has 0 radical (unpaired) electrons. The van der Waals surface area contributed by atoms with Crippen LogP contribution in [0.5, 0.6) is 0 Å². The third-order valence-electron chi connectivity index (χ3n) is 3.26. The highest BCUT2D eigenvalue weighted by Crippen LogP contribution is 2.21. The Morgan fingerprint density at radius 3 is 2.72 bits per heavy atom. The molecule has 1 heterocycles. The number of para-hydroxylation sites is 2. The van der Waals surface area contributed by atoms with E-state index in [-0.39, 0.29) is 18.7 Å². The van der Waals surface area contributed by atoms with Gasteiger partial charge in [-0.1, -0.05) is 26.0 Å². The van der Waals surface area contributed by atoms with Crippen molar-refractivity contribution in [1.29, 1.82) is 0 Å². The summed E-state index contributed by atoms with van der Waals surface area (Å²) in [6.07, 6.45) is 2.66. The number of fused-ring (bicyclic) bond motifs is 1. The molecule has 2 rings (SSSR count). The minimum absolute atomic E-state index is 0.0360. The van der Waals surface area contributed by atoms with E-state index in [4.69, 9.17) is 5.73 Å². The smallest absolute Gasteiger partial charge is 0.0962 e. The van der Waals surface area contributed by atoms with Gasteiger partial charge in [-0.2, -0.15) is 0 Å². The molecule has 0 spiro atoms. The average molecular weight is 247 g/mol. The number of aromatic nitrogens is 2. The van der Waals surface area contributed by atoms with Crippen LogP contribution in [-0.2, 0) is 0 Å². The van der Waals surface area contributed by atoms with Crippen LogP contribution in [0.2, 0.25) is 0 Å². The molecular weight excluding hydrogens is 226 g/mol. The van der Waals surface area contributed by atoms with Gasteiger partial charge in [-0.05, 0) is 24.5 Å². The van der Waals surface area contributed by atoms with Gasteiger partial charge in [0.2, 0.25) is 0 Å². The lowest BCUT2D eigenvalue weighted by molar-refractivity contribution is 0.200. The summed E-state index contributed by atoms with van der Waals surface area (Å²) >= 11 is 0. The zero-order valence-corrected chi connectivity index (χ0v) is 11.0. The summed E-state index contributed by atoms with van der Waals surface area (Å²) in [7, 11) is 0. The van der Waals surface area contributed by atoms with Crippen molar-refractivity contribution in [3.8, 4) is 0 Å². The Labute approximate surface area is 107 Å². The minimum Gasteiger partial charge on any atom is -0.394 e. The molecule has 1 aromatic carbocycles. The molecule has 0 aliphatic rings. The van der Waals surface area contributed by atoms with Gasteiger partial charge in [-0.3, -0.25) is 0 Å². The number of benzene rings is 1. The predicted octanol–water partition coefficient (Wildman–Crippen LogP) is 1.94. The molecule has 3 N–H and O–H groups in total. The summed E-state index contributed by atoms with van der Waals surface area (Å²) in [5.74, 6) is 0.517. The van der Waals surface area contributed by atoms with Crippen molar-refractivity contribution in [3.63, 3.8) is 0 Å². The Morgan fingerprint density at radius 2 is 2.06 bits per heavy atom. The number of nitrogens with zero attached hydrogens (tertiary/aromatic N) is 2. The molecule has 1 aromatic heterocycles. The van der Waals surface area contributed by atoms with Crippen molar-refractivity contribution < 1.29 is 5.11 Å². The molecule has 98 valence electrons. The lowest BCUT2D eigenvalue weighted by Crippen LogP contribution is -2.35. The summed E-state index contributed by atoms with van der Waals surface area (Å²) in [6, 6.07) is 7.73. The first-order valence-corrected chi connectivity index (χ1v) is 6.41. The Bertz CT molecular complexity index is 506. The number of hydrogen-bond donors (Lipinski definition) is 2. The summed E-state index contributed by atoms with van der Waals surface area (Å²) < 4.78 is 1.99. The molecule has 0 aliphatic heterocycles. The van der Waals surface area contributed by atoms with E-state index >= 15 is 0 Å². The quantitative estimate of drug-likeness (QED) is 0.848. The molecule has 18 heavy (non-hydrogen) atoms. The van der Waals surface area contributed by atoms with Gasteiger partial charge in [0.05, 0.1) is 30.0 Å². The van der Waals surface area contributed by atoms with Gasteiger partial charge in [-0.25, -0.2) is 4.98 Å². The largest absolute Gasteiger partial charge is 0.394 e. The third-order valence-corrected chi connectivity index (χ3v) is 3.26. The van der Waals surface area contributed by atoms with Gasteiger partial charge in [0, 0.05) is 6.04 Å². The van der Waals surface area contributed by atoms with E-state index in [1.807, 2.05) is 28.8 Å². The normalized spacial score (nSPS) is 15.2. The molecule has 2 atom stereocenters. The maximum absolute atomic E-state index is 9.61. The molecule has 0 amide bonds. The first-order chi connectivity index (χ1) is 8.63. The van der Waals surface area contributed by atoms with Gasteiger partial charge in [0.15, 0.2) is 0 Å². The first-order valence-electron chi connectivity index (χ1n) is 6.41. The van der Waals surface area contributed by atoms with Crippen molar-refractivity contribution in [2.45, 2.75) is 32.4 Å². The Kier molecular flexibility index (Phi) is 3.99. The molecular formula is C14H21N3O. The lowest BCUT2D eigenvalue weighted by Gasteiger charge is -2.25. The number of aliphatic hydroxyl groups is 1. The minimum atomic E-state index is -0.111. The second-order valence-electron chi connectivity index (χ2n) is 5.18. The predicted molar refractivity (Wildman–Crippen MR) is 73.3 cm³/mol. The summed E-state index contributed by atoms with van der Waals surface area (Å²) in [6.45, 7) is 4.31. The molecule has 0 saturated carbocycles. The van der Waals surface area contributed by atoms with Crippen molar-refractivity contribution in [2.24, 2.45) is 11.7 Å². The van der Waals surface area contributed by atoms with Gasteiger partial charge < -0.3 is 15.4 Å². The molecule has 0 saturated heterocycles. The van der Waals surface area contributed by atoms with E-state index in [0.717, 1.165) is 17.5 Å². The standard InChI is InChI=1S/C14H21N3O/c1-10(2)7-11(15)14(8-18)17-9-16-12-5-3-4-6-13(12)17/h3-6,9-11,14,18H,7-8,15H2,1-2H3. The Morgan fingerprint density at radius 1 is 1.33 bits per heavy atom. The molecule has 2 unspecified atom stereocenters. The number of rotatable bonds is 5. The highest BCUT2D eigenvalue weighted by molar-refractivity contribution is 5.75. The van der Waals surface area contributed by atoms with E-state index in [9.17, 15) is 5.11 Å². The zero-order valence-electron chi connectivity index (χ0n) is 11.0. The van der Waals surface area contributed by atoms with Gasteiger partial charge in [0.1, 0.15) is 0 Å². The summed E-state index contributed by atoms with van der Waals surface area (Å²) in [5, 5.41) is 9.61. The van der Waals surface area contributed by atoms with Crippen molar-refractivity contribution in [1.82, 2.24) is 9.55 Å². The molecule has 0 fully saturated rings. The van der Waals surface area contributed by atoms with Crippen molar-refractivity contribution in [3.05, 3.63) is 30.6 Å². The number of imidazole rings is 1. The molecule has 4 heteroatoms. The van der Waals surface area contributed by atoms with Crippen LogP contribution in [0, 0.1) is 5.92 Å². The van der Waals surface area contributed by atoms with E-state index < -0.39 is 0 Å². The molecule has 0 bridgehead atoms. The van der Waals surface area contributed by atoms with Crippen LogP contribution in [-0.4, -0.2) is 27.3 Å². The Balaban J connectivity index is 2.32. The fraction of sp³-hybridized carbons (Fsp3) is 0.500. The second-order valence-corrected chi connectivity index (χ2v) is 5.18. The van der Waals surface area contributed by atoms with Crippen LogP contribution in [0.3, 0.4) is 0 Å². The lowest BCUT2D eigenvalue weighted by atomic mass is 9.98. The van der Waals surface area contributed by atoms with Crippen LogP contribution in [0.1, 0.15) is 26.3 Å². The fourth-order valence-corrected chi connectivity index (χ4v) is 2.37. The second kappa shape index (κ2) is 5.50. The van der Waals surface area contributed by atoms with E-state index in [0.29, 0.717) is 5.92 Å². The van der Waals surface area contributed by atoms with E-state index in [1.165, 1.54) is 0 Å². The topological polar surface area (TPSA) is 64.1 Å². The van der Waals surface area contributed by atoms with Crippen LogP contribution < -0.4 is 5.73 Å². The highest BCUT2D eigenvalue weighted by atomic mass is 16.3. The SMILES string of the molecule is CC(C)CC(N)C(CO)n1cnc2ccccc21. The highest BCUT2D eigenvalue weighted by Gasteiger charge is 2.21. The van der Waals surface area contributed by atoms with E-state index in [1.54, 1.807) is 6.33 Å². The van der Waals surface area contributed by atoms with Crippen LogP contribution in [0.25, 0.3) is 11.0 Å². The van der Waals surface area contributed by atoms with Crippen LogP contribution in [0.15, 0.2) is 30.6 Å². The maximum atomic E-state index is 9.61. The van der Waals surface area contributed by atoms with Gasteiger partial charge >= 0.3 is 0 Å². The maximum Gasteiger partial charge on any atom is 0.0962 e. The first kappa shape index (κ1) is 13.1. The van der Waals surface area contributed by atoms with Crippen molar-refractivity contribution >= 4 is 11.0 Å². The van der Waals surface area contributed by atoms with Crippen molar-refractivity contribution in [2.75, 3.05) is 6.61 Å². The summed E-state index contributed by atoms with van der Waals surface area (Å²) in [5.41, 5.74) is 8.16. The van der Waals surface area contributed by atoms with Gasteiger partial charge in [0.25, 0.3) is 0 Å². The zero-order chi connectivity index (χ0) is 13.1. The monoisotopic (exact) mass is 247 g/mol. The molecule has 4 nitrogen and oxygen atoms in total. The van der Waals surface area contributed by atoms with Crippen LogP contribution >= 0.6 is 0 Å².